The minimum absolute atomic E-state index is 0.518. The number of aryl methyl sites for hydroxylation is 1. The van der Waals surface area contributed by atoms with E-state index < -0.39 is 0 Å². The third-order valence-electron chi connectivity index (χ3n) is 3.72. The molecular weight excluding hydrogens is 374 g/mol. The van der Waals surface area contributed by atoms with Crippen LogP contribution in [0.5, 0.6) is 5.88 Å². The molecule has 0 saturated heterocycles. The largest absolute Gasteiger partial charge is 0.479 e. The van der Waals surface area contributed by atoms with E-state index in [-0.39, 0.29) is 0 Å². The maximum Gasteiger partial charge on any atom is 0.243 e. The Morgan fingerprint density at radius 2 is 2.08 bits per heavy atom. The lowest BCUT2D eigenvalue weighted by Crippen LogP contribution is -2.07. The molecule has 3 aromatic rings. The maximum absolute atomic E-state index is 6.06. The molecule has 0 fully saturated rings. The zero-order valence-corrected chi connectivity index (χ0v) is 16.4. The van der Waals surface area contributed by atoms with Gasteiger partial charge in [-0.25, -0.2) is 0 Å². The Hall–Kier alpha value is -2.03. The van der Waals surface area contributed by atoms with Gasteiger partial charge in [-0.1, -0.05) is 35.5 Å². The summed E-state index contributed by atoms with van der Waals surface area (Å²) in [5.41, 5.74) is 1.93. The number of aromatic nitrogens is 5. The van der Waals surface area contributed by atoms with Crippen molar-refractivity contribution in [3.05, 3.63) is 41.0 Å². The van der Waals surface area contributed by atoms with Gasteiger partial charge < -0.3 is 9.47 Å². The van der Waals surface area contributed by atoms with E-state index in [1.807, 2.05) is 42.1 Å². The number of halogens is 1. The first-order valence-corrected chi connectivity index (χ1v) is 9.36. The molecule has 0 unspecified atom stereocenters. The third kappa shape index (κ3) is 4.20. The minimum atomic E-state index is 0.518. The molecule has 1 aromatic carbocycles. The molecule has 2 heterocycles. The molecule has 26 heavy (non-hydrogen) atoms. The fraction of sp³-hybridized carbons (Fsp3) is 0.353. The van der Waals surface area contributed by atoms with E-state index in [0.717, 1.165) is 27.1 Å². The topological polar surface area (TPSA) is 67.0 Å². The Balaban J connectivity index is 1.89. The van der Waals surface area contributed by atoms with Gasteiger partial charge in [-0.05, 0) is 17.7 Å². The highest BCUT2D eigenvalue weighted by Crippen LogP contribution is 2.31. The highest BCUT2D eigenvalue weighted by molar-refractivity contribution is 7.98. The normalized spacial score (nSPS) is 11.1. The van der Waals surface area contributed by atoms with Gasteiger partial charge in [0.25, 0.3) is 0 Å². The number of hydrogen-bond acceptors (Lipinski definition) is 6. The molecular formula is C17H20ClN5O2S. The van der Waals surface area contributed by atoms with Crippen LogP contribution in [-0.4, -0.2) is 45.4 Å². The summed E-state index contributed by atoms with van der Waals surface area (Å²) in [6.45, 7) is 1.19. The average molecular weight is 394 g/mol. The van der Waals surface area contributed by atoms with Gasteiger partial charge >= 0.3 is 0 Å². The number of rotatable bonds is 8. The van der Waals surface area contributed by atoms with E-state index in [9.17, 15) is 0 Å². The summed E-state index contributed by atoms with van der Waals surface area (Å²) in [6, 6.07) is 7.80. The standard InChI is InChI=1S/C17H20ClN5O2S/c1-22-10-14(16(21-22)25-3)15-19-20-17(23(15)7-8-24-2)26-11-12-5-4-6-13(18)9-12/h4-6,9-10H,7-8,11H2,1-3H3. The zero-order chi connectivity index (χ0) is 18.5. The number of thioether (sulfide) groups is 1. The van der Waals surface area contributed by atoms with Gasteiger partial charge in [0.2, 0.25) is 5.88 Å². The smallest absolute Gasteiger partial charge is 0.243 e. The molecule has 0 aliphatic carbocycles. The minimum Gasteiger partial charge on any atom is -0.479 e. The van der Waals surface area contributed by atoms with Crippen molar-refractivity contribution in [1.29, 1.82) is 0 Å². The Morgan fingerprint density at radius 3 is 2.81 bits per heavy atom. The number of benzene rings is 1. The van der Waals surface area contributed by atoms with Gasteiger partial charge in [0.1, 0.15) is 5.56 Å². The van der Waals surface area contributed by atoms with Gasteiger partial charge in [0.05, 0.1) is 20.3 Å². The summed E-state index contributed by atoms with van der Waals surface area (Å²) < 4.78 is 14.3. The quantitative estimate of drug-likeness (QED) is 0.547. The average Bonchev–Trinajstić information content (AvgIpc) is 3.20. The first-order chi connectivity index (χ1) is 12.6. The molecule has 3 rings (SSSR count). The second-order valence-corrected chi connectivity index (χ2v) is 6.97. The molecule has 7 nitrogen and oxygen atoms in total. The van der Waals surface area contributed by atoms with Crippen molar-refractivity contribution in [2.75, 3.05) is 20.8 Å². The molecule has 9 heteroatoms. The first kappa shape index (κ1) is 18.8. The Morgan fingerprint density at radius 1 is 1.23 bits per heavy atom. The van der Waals surface area contributed by atoms with Crippen molar-refractivity contribution in [3.63, 3.8) is 0 Å². The Bertz CT molecular complexity index is 880. The Labute approximate surface area is 161 Å². The first-order valence-electron chi connectivity index (χ1n) is 7.99. The monoisotopic (exact) mass is 393 g/mol. The molecule has 0 saturated carbocycles. The molecule has 0 amide bonds. The van der Waals surface area contributed by atoms with Crippen LogP contribution in [0.2, 0.25) is 5.02 Å². The summed E-state index contributed by atoms with van der Waals surface area (Å²) in [7, 11) is 5.11. The predicted molar refractivity (Wildman–Crippen MR) is 102 cm³/mol. The summed E-state index contributed by atoms with van der Waals surface area (Å²) in [5, 5.41) is 14.6. The number of ether oxygens (including phenoxy) is 2. The van der Waals surface area contributed by atoms with E-state index in [0.29, 0.717) is 24.9 Å². The van der Waals surface area contributed by atoms with Crippen LogP contribution in [0.15, 0.2) is 35.6 Å². The van der Waals surface area contributed by atoms with Crippen LogP contribution < -0.4 is 4.74 Å². The van der Waals surface area contributed by atoms with E-state index in [1.54, 1.807) is 30.7 Å². The van der Waals surface area contributed by atoms with Crippen molar-refractivity contribution < 1.29 is 9.47 Å². The van der Waals surface area contributed by atoms with E-state index in [2.05, 4.69) is 15.3 Å². The molecule has 138 valence electrons. The summed E-state index contributed by atoms with van der Waals surface area (Å²) in [4.78, 5) is 0. The van der Waals surface area contributed by atoms with Crippen LogP contribution in [0.4, 0.5) is 0 Å². The molecule has 0 atom stereocenters. The molecule has 0 spiro atoms. The number of nitrogens with zero attached hydrogens (tertiary/aromatic N) is 5. The van der Waals surface area contributed by atoms with Gasteiger partial charge in [-0.15, -0.1) is 15.3 Å². The molecule has 0 aliphatic heterocycles. The molecule has 0 aliphatic rings. The highest BCUT2D eigenvalue weighted by atomic mass is 35.5. The van der Waals surface area contributed by atoms with Crippen molar-refractivity contribution in [2.45, 2.75) is 17.5 Å². The molecule has 0 N–H and O–H groups in total. The fourth-order valence-corrected chi connectivity index (χ4v) is 3.65. The van der Waals surface area contributed by atoms with Crippen LogP contribution in [0, 0.1) is 0 Å². The second-order valence-electron chi connectivity index (χ2n) is 5.59. The van der Waals surface area contributed by atoms with E-state index >= 15 is 0 Å². The van der Waals surface area contributed by atoms with Gasteiger partial charge in [0.15, 0.2) is 11.0 Å². The summed E-state index contributed by atoms with van der Waals surface area (Å²) in [6.07, 6.45) is 1.87. The number of hydrogen-bond donors (Lipinski definition) is 0. The van der Waals surface area contributed by atoms with Gasteiger partial charge in [0, 0.05) is 31.1 Å². The molecule has 0 bridgehead atoms. The third-order valence-corrected chi connectivity index (χ3v) is 4.99. The van der Waals surface area contributed by atoms with Crippen molar-refractivity contribution in [3.8, 4) is 17.3 Å². The lowest BCUT2D eigenvalue weighted by Gasteiger charge is -2.09. The zero-order valence-electron chi connectivity index (χ0n) is 14.8. The van der Waals surface area contributed by atoms with Crippen molar-refractivity contribution in [2.24, 2.45) is 7.05 Å². The predicted octanol–water partition coefficient (Wildman–Crippen LogP) is 3.28. The van der Waals surface area contributed by atoms with Gasteiger partial charge in [-0.2, -0.15) is 0 Å². The molecule has 0 radical (unpaired) electrons. The maximum atomic E-state index is 6.06. The van der Waals surface area contributed by atoms with Crippen molar-refractivity contribution >= 4 is 23.4 Å². The van der Waals surface area contributed by atoms with Crippen molar-refractivity contribution in [1.82, 2.24) is 24.5 Å². The van der Waals surface area contributed by atoms with E-state index in [1.165, 1.54) is 0 Å². The SMILES string of the molecule is COCCn1c(SCc2cccc(Cl)c2)nnc1-c1cn(C)nc1OC. The fourth-order valence-electron chi connectivity index (χ4n) is 2.53. The summed E-state index contributed by atoms with van der Waals surface area (Å²) >= 11 is 7.67. The van der Waals surface area contributed by atoms with Crippen LogP contribution >= 0.6 is 23.4 Å². The van der Waals surface area contributed by atoms with Crippen LogP contribution in [0.25, 0.3) is 11.4 Å². The van der Waals surface area contributed by atoms with Crippen LogP contribution in [-0.2, 0) is 24.1 Å². The Kier molecular flexibility index (Phi) is 6.18. The number of methoxy groups -OCH3 is 2. The van der Waals surface area contributed by atoms with Crippen LogP contribution in [0.1, 0.15) is 5.56 Å². The molecule has 2 aromatic heterocycles. The lowest BCUT2D eigenvalue weighted by molar-refractivity contribution is 0.185. The highest BCUT2D eigenvalue weighted by Gasteiger charge is 2.20. The summed E-state index contributed by atoms with van der Waals surface area (Å²) in [5.74, 6) is 1.97. The lowest BCUT2D eigenvalue weighted by atomic mass is 10.2. The van der Waals surface area contributed by atoms with E-state index in [4.69, 9.17) is 21.1 Å². The van der Waals surface area contributed by atoms with Gasteiger partial charge in [-0.3, -0.25) is 9.25 Å². The second kappa shape index (κ2) is 8.57. The van der Waals surface area contributed by atoms with Crippen LogP contribution in [0.3, 0.4) is 0 Å².